The van der Waals surface area contributed by atoms with Crippen LogP contribution in [0.25, 0.3) is 0 Å². The van der Waals surface area contributed by atoms with Gasteiger partial charge in [-0.25, -0.2) is 4.68 Å². The molecule has 2 aromatic heterocycles. The van der Waals surface area contributed by atoms with Crippen LogP contribution in [0.4, 0.5) is 11.5 Å². The Balaban J connectivity index is 2.36. The fraction of sp³-hybridized carbons (Fsp3) is 0.222. The normalized spacial score (nSPS) is 10.6. The lowest BCUT2D eigenvalue weighted by atomic mass is 10.3. The number of rotatable bonds is 3. The first-order valence-corrected chi connectivity index (χ1v) is 5.52. The maximum absolute atomic E-state index is 10.7. The number of aromatic nitrogens is 2. The molecule has 0 atom stereocenters. The van der Waals surface area contributed by atoms with Crippen molar-refractivity contribution in [3.8, 4) is 0 Å². The maximum atomic E-state index is 10.7. The van der Waals surface area contributed by atoms with Crippen LogP contribution in [0.15, 0.2) is 16.8 Å². The van der Waals surface area contributed by atoms with Crippen molar-refractivity contribution in [1.82, 2.24) is 9.78 Å². The predicted molar refractivity (Wildman–Crippen MR) is 61.5 cm³/mol. The monoisotopic (exact) mass is 238 g/mol. The summed E-state index contributed by atoms with van der Waals surface area (Å²) in [6, 6.07) is 1.94. The molecule has 0 bridgehead atoms. The Kier molecular flexibility index (Phi) is 2.61. The first-order valence-electron chi connectivity index (χ1n) is 4.58. The van der Waals surface area contributed by atoms with Gasteiger partial charge in [-0.05, 0) is 29.3 Å². The highest BCUT2D eigenvalue weighted by Crippen LogP contribution is 2.25. The summed E-state index contributed by atoms with van der Waals surface area (Å²) < 4.78 is 1.45. The Hall–Kier alpha value is -1.89. The van der Waals surface area contributed by atoms with Gasteiger partial charge in [0.25, 0.3) is 0 Å². The summed E-state index contributed by atoms with van der Waals surface area (Å²) in [5.41, 5.74) is 6.96. The molecule has 0 radical (unpaired) electrons. The van der Waals surface area contributed by atoms with Crippen molar-refractivity contribution >= 4 is 22.8 Å². The molecule has 0 saturated carbocycles. The molecule has 0 aliphatic rings. The van der Waals surface area contributed by atoms with Crippen LogP contribution in [-0.4, -0.2) is 14.7 Å². The van der Waals surface area contributed by atoms with E-state index in [4.69, 9.17) is 5.73 Å². The van der Waals surface area contributed by atoms with E-state index in [9.17, 15) is 10.1 Å². The first kappa shape index (κ1) is 10.6. The van der Waals surface area contributed by atoms with Crippen molar-refractivity contribution in [3.05, 3.63) is 38.2 Å². The van der Waals surface area contributed by atoms with Gasteiger partial charge in [-0.2, -0.15) is 16.4 Å². The van der Waals surface area contributed by atoms with Crippen LogP contribution in [0, 0.1) is 17.0 Å². The van der Waals surface area contributed by atoms with Crippen LogP contribution in [0.1, 0.15) is 11.3 Å². The molecule has 2 rings (SSSR count). The molecule has 2 aromatic rings. The molecule has 0 fully saturated rings. The summed E-state index contributed by atoms with van der Waals surface area (Å²) in [5.74, 6) is 0.105. The van der Waals surface area contributed by atoms with Crippen LogP contribution in [0.3, 0.4) is 0 Å². The number of nitrogens with zero attached hydrogens (tertiary/aromatic N) is 3. The summed E-state index contributed by atoms with van der Waals surface area (Å²) in [6.45, 7) is 2.04. The summed E-state index contributed by atoms with van der Waals surface area (Å²) in [7, 11) is 0. The Morgan fingerprint density at radius 1 is 1.69 bits per heavy atom. The molecule has 2 N–H and O–H groups in total. The molecular formula is C9H10N4O2S. The topological polar surface area (TPSA) is 87.0 Å². The maximum Gasteiger partial charge on any atom is 0.333 e. The number of hydrogen-bond acceptors (Lipinski definition) is 5. The third-order valence-electron chi connectivity index (χ3n) is 2.23. The molecule has 0 aliphatic carbocycles. The van der Waals surface area contributed by atoms with Gasteiger partial charge in [-0.3, -0.25) is 10.1 Å². The van der Waals surface area contributed by atoms with E-state index >= 15 is 0 Å². The molecule has 0 amide bonds. The minimum absolute atomic E-state index is 0.102. The van der Waals surface area contributed by atoms with E-state index in [0.29, 0.717) is 12.2 Å². The van der Waals surface area contributed by atoms with Gasteiger partial charge in [0.1, 0.15) is 5.69 Å². The number of aryl methyl sites for hydroxylation is 1. The van der Waals surface area contributed by atoms with Crippen molar-refractivity contribution in [3.63, 3.8) is 0 Å². The van der Waals surface area contributed by atoms with Crippen molar-refractivity contribution in [2.45, 2.75) is 13.5 Å². The van der Waals surface area contributed by atoms with Gasteiger partial charge in [0.2, 0.25) is 5.82 Å². The molecule has 84 valence electrons. The highest BCUT2D eigenvalue weighted by Gasteiger charge is 2.22. The summed E-state index contributed by atoms with van der Waals surface area (Å²) in [5, 5.41) is 18.7. The Bertz CT molecular complexity index is 518. The zero-order chi connectivity index (χ0) is 11.7. The fourth-order valence-corrected chi connectivity index (χ4v) is 2.15. The number of anilines is 1. The Morgan fingerprint density at radius 2 is 2.44 bits per heavy atom. The molecule has 16 heavy (non-hydrogen) atoms. The standard InChI is InChI=1S/C9H10N4O2S/c1-6-8(13(14)15)9(10)12(11-6)4-7-2-3-16-5-7/h2-3,5H,4,10H2,1H3. The number of thiophene rings is 1. The van der Waals surface area contributed by atoms with Crippen molar-refractivity contribution in [2.24, 2.45) is 0 Å². The molecule has 0 aromatic carbocycles. The lowest BCUT2D eigenvalue weighted by molar-refractivity contribution is -0.384. The van der Waals surface area contributed by atoms with Crippen LogP contribution in [-0.2, 0) is 6.54 Å². The summed E-state index contributed by atoms with van der Waals surface area (Å²) >= 11 is 1.57. The SMILES string of the molecule is Cc1nn(Cc2ccsc2)c(N)c1[N+](=O)[O-]. The average Bonchev–Trinajstić information content (AvgIpc) is 2.76. The summed E-state index contributed by atoms with van der Waals surface area (Å²) in [4.78, 5) is 10.2. The predicted octanol–water partition coefficient (Wildman–Crippen LogP) is 1.79. The fourth-order valence-electron chi connectivity index (χ4n) is 1.49. The van der Waals surface area contributed by atoms with E-state index in [-0.39, 0.29) is 11.5 Å². The van der Waals surface area contributed by atoms with Gasteiger partial charge in [-0.15, -0.1) is 0 Å². The summed E-state index contributed by atoms with van der Waals surface area (Å²) in [6.07, 6.45) is 0. The van der Waals surface area contributed by atoms with Crippen LogP contribution in [0.5, 0.6) is 0 Å². The Morgan fingerprint density at radius 3 is 2.94 bits per heavy atom. The lowest BCUT2D eigenvalue weighted by Gasteiger charge is -2.00. The second kappa shape index (κ2) is 3.93. The highest BCUT2D eigenvalue weighted by molar-refractivity contribution is 7.07. The van der Waals surface area contributed by atoms with E-state index in [1.807, 2.05) is 16.8 Å². The third kappa shape index (κ3) is 1.76. The zero-order valence-electron chi connectivity index (χ0n) is 8.58. The smallest absolute Gasteiger partial charge is 0.333 e. The van der Waals surface area contributed by atoms with Gasteiger partial charge in [0.15, 0.2) is 0 Å². The van der Waals surface area contributed by atoms with E-state index in [2.05, 4.69) is 5.10 Å². The van der Waals surface area contributed by atoms with Gasteiger partial charge in [0.05, 0.1) is 11.5 Å². The van der Waals surface area contributed by atoms with E-state index in [0.717, 1.165) is 5.56 Å². The van der Waals surface area contributed by atoms with Crippen molar-refractivity contribution in [2.75, 3.05) is 5.73 Å². The number of nitro groups is 1. The number of nitrogen functional groups attached to an aromatic ring is 1. The van der Waals surface area contributed by atoms with Gasteiger partial charge in [-0.1, -0.05) is 0 Å². The number of hydrogen-bond donors (Lipinski definition) is 1. The first-order chi connectivity index (χ1) is 7.59. The lowest BCUT2D eigenvalue weighted by Crippen LogP contribution is -2.06. The molecule has 7 heteroatoms. The van der Waals surface area contributed by atoms with Gasteiger partial charge in [0, 0.05) is 0 Å². The second-order valence-corrected chi connectivity index (χ2v) is 4.15. The molecular weight excluding hydrogens is 228 g/mol. The van der Waals surface area contributed by atoms with Crippen LogP contribution >= 0.6 is 11.3 Å². The van der Waals surface area contributed by atoms with Crippen molar-refractivity contribution in [1.29, 1.82) is 0 Å². The number of nitrogens with two attached hydrogens (primary N) is 1. The molecule has 0 unspecified atom stereocenters. The quantitative estimate of drug-likeness (QED) is 0.652. The third-order valence-corrected chi connectivity index (χ3v) is 2.96. The molecule has 2 heterocycles. The molecule has 6 nitrogen and oxygen atoms in total. The second-order valence-electron chi connectivity index (χ2n) is 3.37. The van der Waals surface area contributed by atoms with Gasteiger partial charge < -0.3 is 5.73 Å². The minimum atomic E-state index is -0.498. The minimum Gasteiger partial charge on any atom is -0.378 e. The molecule has 0 saturated heterocycles. The van der Waals surface area contributed by atoms with Crippen molar-refractivity contribution < 1.29 is 4.92 Å². The van der Waals surface area contributed by atoms with Crippen LogP contribution < -0.4 is 5.73 Å². The average molecular weight is 238 g/mol. The van der Waals surface area contributed by atoms with E-state index in [1.54, 1.807) is 18.3 Å². The van der Waals surface area contributed by atoms with Gasteiger partial charge >= 0.3 is 5.69 Å². The largest absolute Gasteiger partial charge is 0.378 e. The molecule has 0 aliphatic heterocycles. The molecule has 0 spiro atoms. The van der Waals surface area contributed by atoms with E-state index in [1.165, 1.54) is 4.68 Å². The zero-order valence-corrected chi connectivity index (χ0v) is 9.40. The highest BCUT2D eigenvalue weighted by atomic mass is 32.1. The van der Waals surface area contributed by atoms with E-state index < -0.39 is 4.92 Å². The Labute approximate surface area is 95.5 Å². The van der Waals surface area contributed by atoms with Crippen LogP contribution in [0.2, 0.25) is 0 Å².